The molecule has 38 heavy (non-hydrogen) atoms. The van der Waals surface area contributed by atoms with Crippen molar-refractivity contribution in [1.29, 1.82) is 0 Å². The van der Waals surface area contributed by atoms with Gasteiger partial charge in [-0.25, -0.2) is 0 Å². The minimum Gasteiger partial charge on any atom is -0.494 e. The van der Waals surface area contributed by atoms with Crippen LogP contribution in [0.3, 0.4) is 0 Å². The van der Waals surface area contributed by atoms with E-state index in [1.165, 1.54) is 0 Å². The Balaban J connectivity index is 1.84. The Hall–Kier alpha value is -2.73. The molecule has 2 atom stereocenters. The van der Waals surface area contributed by atoms with Crippen molar-refractivity contribution in [2.75, 3.05) is 6.61 Å². The number of amides is 2. The van der Waals surface area contributed by atoms with Crippen molar-refractivity contribution in [2.24, 2.45) is 0 Å². The highest BCUT2D eigenvalue weighted by Gasteiger charge is 2.31. The summed E-state index contributed by atoms with van der Waals surface area (Å²) in [5.41, 5.74) is 1.56. The van der Waals surface area contributed by atoms with Crippen LogP contribution < -0.4 is 10.1 Å². The molecule has 0 fully saturated rings. The van der Waals surface area contributed by atoms with Gasteiger partial charge < -0.3 is 15.0 Å². The molecule has 0 saturated carbocycles. The molecule has 0 aliphatic carbocycles. The molecule has 0 bridgehead atoms. The van der Waals surface area contributed by atoms with Gasteiger partial charge in [-0.15, -0.1) is 0 Å². The SMILES string of the molecule is CCC(C)NC(=O)C(Cc1ccccc1)N(Cc1c(Cl)cccc1Cl)C(=O)CCCOc1ccc(Cl)cc1. The molecule has 5 nitrogen and oxygen atoms in total. The van der Waals surface area contributed by atoms with Crippen LogP contribution in [0.5, 0.6) is 5.75 Å². The van der Waals surface area contributed by atoms with Gasteiger partial charge in [0.15, 0.2) is 0 Å². The summed E-state index contributed by atoms with van der Waals surface area (Å²) in [5.74, 6) is 0.287. The number of nitrogens with zero attached hydrogens (tertiary/aromatic N) is 1. The number of carbonyl (C=O) groups excluding carboxylic acids is 2. The van der Waals surface area contributed by atoms with Crippen LogP contribution in [0.2, 0.25) is 15.1 Å². The van der Waals surface area contributed by atoms with Crippen molar-refractivity contribution in [3.63, 3.8) is 0 Å². The van der Waals surface area contributed by atoms with Crippen molar-refractivity contribution in [2.45, 2.75) is 58.2 Å². The summed E-state index contributed by atoms with van der Waals surface area (Å²) in [6.45, 7) is 4.41. The van der Waals surface area contributed by atoms with Crippen molar-refractivity contribution in [3.05, 3.63) is 99.0 Å². The van der Waals surface area contributed by atoms with Crippen LogP contribution >= 0.6 is 34.8 Å². The van der Waals surface area contributed by atoms with E-state index in [-0.39, 0.29) is 30.8 Å². The first kappa shape index (κ1) is 29.8. The zero-order valence-corrected chi connectivity index (χ0v) is 23.9. The van der Waals surface area contributed by atoms with E-state index in [1.807, 2.05) is 44.2 Å². The van der Waals surface area contributed by atoms with E-state index in [2.05, 4.69) is 5.32 Å². The lowest BCUT2D eigenvalue weighted by atomic mass is 10.0. The Morgan fingerprint density at radius 2 is 1.58 bits per heavy atom. The maximum absolute atomic E-state index is 13.7. The maximum atomic E-state index is 13.7. The number of benzene rings is 3. The van der Waals surface area contributed by atoms with E-state index in [4.69, 9.17) is 39.5 Å². The van der Waals surface area contributed by atoms with Gasteiger partial charge in [-0.1, -0.05) is 78.1 Å². The van der Waals surface area contributed by atoms with Gasteiger partial charge in [-0.3, -0.25) is 9.59 Å². The van der Waals surface area contributed by atoms with Crippen molar-refractivity contribution < 1.29 is 14.3 Å². The van der Waals surface area contributed by atoms with Crippen LogP contribution in [-0.2, 0) is 22.6 Å². The van der Waals surface area contributed by atoms with Gasteiger partial charge in [0.25, 0.3) is 0 Å². The van der Waals surface area contributed by atoms with Gasteiger partial charge in [-0.2, -0.15) is 0 Å². The van der Waals surface area contributed by atoms with E-state index >= 15 is 0 Å². The largest absolute Gasteiger partial charge is 0.494 e. The highest BCUT2D eigenvalue weighted by molar-refractivity contribution is 6.36. The molecule has 0 aliphatic rings. The Bertz CT molecular complexity index is 1170. The first-order chi connectivity index (χ1) is 18.3. The number of halogens is 3. The first-order valence-electron chi connectivity index (χ1n) is 12.7. The van der Waals surface area contributed by atoms with Crippen LogP contribution in [0.1, 0.15) is 44.2 Å². The third-order valence-electron chi connectivity index (χ3n) is 6.28. The Morgan fingerprint density at radius 1 is 0.921 bits per heavy atom. The first-order valence-corrected chi connectivity index (χ1v) is 13.9. The van der Waals surface area contributed by atoms with Crippen LogP contribution in [0.4, 0.5) is 0 Å². The van der Waals surface area contributed by atoms with Gasteiger partial charge in [0, 0.05) is 46.1 Å². The summed E-state index contributed by atoms with van der Waals surface area (Å²) in [6, 6.07) is 21.2. The molecular formula is C30H33Cl3N2O3. The lowest BCUT2D eigenvalue weighted by Crippen LogP contribution is -2.52. The second kappa shape index (κ2) is 15.0. The maximum Gasteiger partial charge on any atom is 0.243 e. The zero-order valence-electron chi connectivity index (χ0n) is 21.6. The third-order valence-corrected chi connectivity index (χ3v) is 7.24. The molecule has 3 rings (SSSR count). The molecule has 0 saturated heterocycles. The molecule has 0 aliphatic heterocycles. The standard InChI is InChI=1S/C30H33Cl3N2O3/c1-3-21(2)34-30(37)28(19-22-9-5-4-6-10-22)35(20-25-26(32)11-7-12-27(25)33)29(36)13-8-18-38-24-16-14-23(31)15-17-24/h4-7,9-12,14-17,21,28H,3,8,13,18-20H2,1-2H3,(H,34,37). The van der Waals surface area contributed by atoms with Crippen LogP contribution in [0.25, 0.3) is 0 Å². The zero-order chi connectivity index (χ0) is 27.5. The molecule has 1 N–H and O–H groups in total. The third kappa shape index (κ3) is 8.93. The fourth-order valence-electron chi connectivity index (χ4n) is 3.94. The molecular weight excluding hydrogens is 543 g/mol. The lowest BCUT2D eigenvalue weighted by Gasteiger charge is -2.33. The van der Waals surface area contributed by atoms with E-state index in [9.17, 15) is 9.59 Å². The van der Waals surface area contributed by atoms with Crippen LogP contribution in [-0.4, -0.2) is 35.4 Å². The van der Waals surface area contributed by atoms with E-state index in [1.54, 1.807) is 47.4 Å². The Morgan fingerprint density at radius 3 is 2.21 bits per heavy atom. The molecule has 0 radical (unpaired) electrons. The second-order valence-electron chi connectivity index (χ2n) is 9.15. The number of nitrogens with one attached hydrogen (secondary N) is 1. The molecule has 2 amide bonds. The van der Waals surface area contributed by atoms with Crippen LogP contribution in [0, 0.1) is 0 Å². The van der Waals surface area contributed by atoms with Crippen molar-refractivity contribution in [1.82, 2.24) is 10.2 Å². The average Bonchev–Trinajstić information content (AvgIpc) is 2.91. The highest BCUT2D eigenvalue weighted by Crippen LogP contribution is 2.28. The normalized spacial score (nSPS) is 12.4. The number of hydrogen-bond acceptors (Lipinski definition) is 3. The fraction of sp³-hybridized carbons (Fsp3) is 0.333. The quantitative estimate of drug-likeness (QED) is 0.217. The lowest BCUT2D eigenvalue weighted by molar-refractivity contribution is -0.141. The molecule has 202 valence electrons. The molecule has 8 heteroatoms. The Labute approximate surface area is 240 Å². The minimum atomic E-state index is -0.747. The number of hydrogen-bond donors (Lipinski definition) is 1. The van der Waals surface area contributed by atoms with Gasteiger partial charge >= 0.3 is 0 Å². The molecule has 2 unspecified atom stereocenters. The number of ether oxygens (including phenoxy) is 1. The minimum absolute atomic E-state index is 0.0330. The Kier molecular flexibility index (Phi) is 11.8. The van der Waals surface area contributed by atoms with Gasteiger partial charge in [0.2, 0.25) is 11.8 Å². The molecule has 0 heterocycles. The average molecular weight is 576 g/mol. The summed E-state index contributed by atoms with van der Waals surface area (Å²) < 4.78 is 5.77. The summed E-state index contributed by atoms with van der Waals surface area (Å²) in [6.07, 6.45) is 1.80. The van der Waals surface area contributed by atoms with Crippen LogP contribution in [0.15, 0.2) is 72.8 Å². The van der Waals surface area contributed by atoms with E-state index in [0.717, 1.165) is 12.0 Å². The van der Waals surface area contributed by atoms with Crippen molar-refractivity contribution >= 4 is 46.6 Å². The highest BCUT2D eigenvalue weighted by atomic mass is 35.5. The van der Waals surface area contributed by atoms with E-state index in [0.29, 0.717) is 45.8 Å². The summed E-state index contributed by atoms with van der Waals surface area (Å²) >= 11 is 18.9. The van der Waals surface area contributed by atoms with Gasteiger partial charge in [0.05, 0.1) is 6.61 Å². The number of carbonyl (C=O) groups is 2. The summed E-state index contributed by atoms with van der Waals surface area (Å²) in [4.78, 5) is 28.9. The molecule has 3 aromatic rings. The predicted molar refractivity (Wildman–Crippen MR) is 155 cm³/mol. The monoisotopic (exact) mass is 574 g/mol. The predicted octanol–water partition coefficient (Wildman–Crippen LogP) is 7.36. The summed E-state index contributed by atoms with van der Waals surface area (Å²) in [7, 11) is 0. The van der Waals surface area contributed by atoms with E-state index < -0.39 is 6.04 Å². The molecule has 3 aromatic carbocycles. The fourth-order valence-corrected chi connectivity index (χ4v) is 4.58. The molecule has 0 spiro atoms. The van der Waals surface area contributed by atoms with Gasteiger partial charge in [0.1, 0.15) is 11.8 Å². The number of rotatable bonds is 13. The van der Waals surface area contributed by atoms with Crippen molar-refractivity contribution in [3.8, 4) is 5.75 Å². The smallest absolute Gasteiger partial charge is 0.243 e. The topological polar surface area (TPSA) is 58.6 Å². The summed E-state index contributed by atoms with van der Waals surface area (Å²) in [5, 5.41) is 4.58. The van der Waals surface area contributed by atoms with Gasteiger partial charge in [-0.05, 0) is 61.7 Å². The second-order valence-corrected chi connectivity index (χ2v) is 10.4. The molecule has 0 aromatic heterocycles.